The van der Waals surface area contributed by atoms with Gasteiger partial charge in [0.1, 0.15) is 11.6 Å². The van der Waals surface area contributed by atoms with E-state index in [9.17, 15) is 9.18 Å². The van der Waals surface area contributed by atoms with Gasteiger partial charge in [-0.05, 0) is 51.3 Å². The van der Waals surface area contributed by atoms with Crippen LogP contribution in [0.2, 0.25) is 0 Å². The summed E-state index contributed by atoms with van der Waals surface area (Å²) in [6, 6.07) is 10.6. The number of nitrogens with zero attached hydrogens (tertiary/aromatic N) is 2. The number of hydrogen-bond donors (Lipinski definition) is 0. The van der Waals surface area contributed by atoms with Crippen molar-refractivity contribution in [3.05, 3.63) is 63.4 Å². The first-order valence-corrected chi connectivity index (χ1v) is 9.61. The Morgan fingerprint density at radius 3 is 2.69 bits per heavy atom. The van der Waals surface area contributed by atoms with E-state index in [1.165, 1.54) is 23.3 Å². The summed E-state index contributed by atoms with van der Waals surface area (Å²) >= 11 is 3.29. The largest absolute Gasteiger partial charge is 0.493 e. The monoisotopic (exact) mass is 418 g/mol. The maximum absolute atomic E-state index is 13.2. The van der Waals surface area contributed by atoms with Crippen LogP contribution in [0, 0.1) is 5.82 Å². The van der Waals surface area contributed by atoms with E-state index in [2.05, 4.69) is 39.0 Å². The van der Waals surface area contributed by atoms with Crippen molar-refractivity contribution in [3.63, 3.8) is 0 Å². The van der Waals surface area contributed by atoms with E-state index in [1.54, 1.807) is 6.07 Å². The van der Waals surface area contributed by atoms with Gasteiger partial charge in [-0.15, -0.1) is 0 Å². The molecule has 1 amide bonds. The summed E-state index contributed by atoms with van der Waals surface area (Å²) in [4.78, 5) is 16.9. The summed E-state index contributed by atoms with van der Waals surface area (Å²) in [5.74, 6) is 0.609. The van der Waals surface area contributed by atoms with Crippen molar-refractivity contribution in [2.45, 2.75) is 13.0 Å². The zero-order valence-corrected chi connectivity index (χ0v) is 16.0. The highest BCUT2D eigenvalue weighted by Gasteiger charge is 2.24. The smallest absolute Gasteiger partial charge is 0.255 e. The second kappa shape index (κ2) is 7.37. The molecule has 0 radical (unpaired) electrons. The van der Waals surface area contributed by atoms with Crippen LogP contribution in [0.5, 0.6) is 5.75 Å². The Kier molecular flexibility index (Phi) is 4.96. The van der Waals surface area contributed by atoms with Crippen molar-refractivity contribution in [3.8, 4) is 5.75 Å². The highest BCUT2D eigenvalue weighted by Crippen LogP contribution is 2.26. The van der Waals surface area contributed by atoms with Crippen LogP contribution in [-0.2, 0) is 13.0 Å². The lowest BCUT2D eigenvalue weighted by Gasteiger charge is -2.35. The topological polar surface area (TPSA) is 32.8 Å². The van der Waals surface area contributed by atoms with Crippen molar-refractivity contribution < 1.29 is 13.9 Å². The number of carbonyl (C=O) groups is 1. The average molecular weight is 419 g/mol. The van der Waals surface area contributed by atoms with Gasteiger partial charge in [-0.25, -0.2) is 4.39 Å². The molecule has 4 nitrogen and oxygen atoms in total. The zero-order chi connectivity index (χ0) is 18.1. The fourth-order valence-corrected chi connectivity index (χ4v) is 4.06. The minimum atomic E-state index is -0.349. The molecule has 0 bridgehead atoms. The predicted molar refractivity (Wildman–Crippen MR) is 101 cm³/mol. The van der Waals surface area contributed by atoms with E-state index >= 15 is 0 Å². The number of hydrogen-bond acceptors (Lipinski definition) is 3. The van der Waals surface area contributed by atoms with Gasteiger partial charge in [-0.2, -0.15) is 0 Å². The molecule has 0 atom stereocenters. The third-order valence-corrected chi connectivity index (χ3v) is 5.64. The average Bonchev–Trinajstić information content (AvgIpc) is 3.10. The predicted octanol–water partition coefficient (Wildman–Crippen LogP) is 3.48. The first-order valence-electron chi connectivity index (χ1n) is 8.81. The van der Waals surface area contributed by atoms with Gasteiger partial charge >= 0.3 is 0 Å². The lowest BCUT2D eigenvalue weighted by atomic mass is 10.1. The van der Waals surface area contributed by atoms with Crippen LogP contribution >= 0.6 is 15.9 Å². The second-order valence-corrected chi connectivity index (χ2v) is 7.59. The molecule has 0 saturated carbocycles. The lowest BCUT2D eigenvalue weighted by Crippen LogP contribution is -2.48. The van der Waals surface area contributed by atoms with Crippen LogP contribution in [-0.4, -0.2) is 48.5 Å². The van der Waals surface area contributed by atoms with E-state index in [4.69, 9.17) is 4.74 Å². The first kappa shape index (κ1) is 17.5. The Balaban J connectivity index is 1.36. The minimum Gasteiger partial charge on any atom is -0.493 e. The molecule has 1 saturated heterocycles. The van der Waals surface area contributed by atoms with Gasteiger partial charge in [-0.1, -0.05) is 12.1 Å². The van der Waals surface area contributed by atoms with Gasteiger partial charge in [0.25, 0.3) is 5.91 Å². The number of amides is 1. The molecular weight excluding hydrogens is 399 g/mol. The number of fused-ring (bicyclic) bond motifs is 1. The summed E-state index contributed by atoms with van der Waals surface area (Å²) in [5.41, 5.74) is 3.09. The van der Waals surface area contributed by atoms with Gasteiger partial charge in [0.15, 0.2) is 0 Å². The van der Waals surface area contributed by atoms with Crippen molar-refractivity contribution in [2.24, 2.45) is 0 Å². The molecule has 2 aliphatic rings. The third-order valence-electron chi connectivity index (χ3n) is 4.98. The van der Waals surface area contributed by atoms with Crippen molar-refractivity contribution >= 4 is 21.8 Å². The minimum absolute atomic E-state index is 0.0498. The Labute approximate surface area is 160 Å². The zero-order valence-electron chi connectivity index (χ0n) is 14.4. The first-order chi connectivity index (χ1) is 12.6. The van der Waals surface area contributed by atoms with Gasteiger partial charge in [-0.3, -0.25) is 9.69 Å². The standard InChI is InChI=1S/C20H20BrFN2O2/c21-18-12-16(22)2-3-17(18)20(25)24-8-6-23(7-9-24)13-14-1-4-19-15(11-14)5-10-26-19/h1-4,11-12H,5-10,13H2. The quantitative estimate of drug-likeness (QED) is 0.764. The van der Waals surface area contributed by atoms with Gasteiger partial charge < -0.3 is 9.64 Å². The van der Waals surface area contributed by atoms with E-state index < -0.39 is 0 Å². The molecule has 4 rings (SSSR count). The van der Waals surface area contributed by atoms with Gasteiger partial charge in [0.2, 0.25) is 0 Å². The fraction of sp³-hybridized carbons (Fsp3) is 0.350. The molecule has 0 spiro atoms. The highest BCUT2D eigenvalue weighted by molar-refractivity contribution is 9.10. The molecule has 0 aliphatic carbocycles. The molecule has 0 N–H and O–H groups in total. The molecule has 2 aromatic rings. The lowest BCUT2D eigenvalue weighted by molar-refractivity contribution is 0.0627. The number of carbonyl (C=O) groups excluding carboxylic acids is 1. The molecule has 6 heteroatoms. The summed E-state index contributed by atoms with van der Waals surface area (Å²) in [6.07, 6.45) is 0.984. The van der Waals surface area contributed by atoms with Gasteiger partial charge in [0, 0.05) is 43.6 Å². The van der Waals surface area contributed by atoms with Crippen LogP contribution in [0.4, 0.5) is 4.39 Å². The highest BCUT2D eigenvalue weighted by atomic mass is 79.9. The van der Waals surface area contributed by atoms with Crippen LogP contribution in [0.1, 0.15) is 21.5 Å². The number of rotatable bonds is 3. The van der Waals surface area contributed by atoms with E-state index in [0.717, 1.165) is 38.4 Å². The second-order valence-electron chi connectivity index (χ2n) is 6.73. The molecule has 136 valence electrons. The fourth-order valence-electron chi connectivity index (χ4n) is 3.54. The molecule has 0 unspecified atom stereocenters. The summed E-state index contributed by atoms with van der Waals surface area (Å²) in [7, 11) is 0. The number of halogens is 2. The van der Waals surface area contributed by atoms with E-state index in [-0.39, 0.29) is 11.7 Å². The molecule has 26 heavy (non-hydrogen) atoms. The van der Waals surface area contributed by atoms with Crippen LogP contribution in [0.15, 0.2) is 40.9 Å². The molecular formula is C20H20BrFN2O2. The van der Waals surface area contributed by atoms with Crippen molar-refractivity contribution in [1.29, 1.82) is 0 Å². The molecule has 1 fully saturated rings. The molecule has 2 aromatic carbocycles. The summed E-state index contributed by atoms with van der Waals surface area (Å²) in [6.45, 7) is 4.68. The summed E-state index contributed by atoms with van der Waals surface area (Å²) < 4.78 is 19.3. The van der Waals surface area contributed by atoms with Crippen LogP contribution in [0.3, 0.4) is 0 Å². The molecule has 2 heterocycles. The molecule has 0 aromatic heterocycles. The Hall–Kier alpha value is -1.92. The SMILES string of the molecule is O=C(c1ccc(F)cc1Br)N1CCN(Cc2ccc3c(c2)CCO3)CC1. The number of ether oxygens (including phenoxy) is 1. The van der Waals surface area contributed by atoms with Crippen LogP contribution in [0.25, 0.3) is 0 Å². The van der Waals surface area contributed by atoms with E-state index in [1.807, 2.05) is 4.90 Å². The normalized spacial score (nSPS) is 17.1. The maximum Gasteiger partial charge on any atom is 0.255 e. The molecule has 2 aliphatic heterocycles. The third kappa shape index (κ3) is 3.62. The maximum atomic E-state index is 13.2. The van der Waals surface area contributed by atoms with Crippen molar-refractivity contribution in [1.82, 2.24) is 9.80 Å². The van der Waals surface area contributed by atoms with E-state index in [0.29, 0.717) is 23.1 Å². The number of benzene rings is 2. The van der Waals surface area contributed by atoms with Crippen molar-refractivity contribution in [2.75, 3.05) is 32.8 Å². The Bertz CT molecular complexity index is 835. The Morgan fingerprint density at radius 1 is 1.12 bits per heavy atom. The van der Waals surface area contributed by atoms with Crippen LogP contribution < -0.4 is 4.74 Å². The Morgan fingerprint density at radius 2 is 1.92 bits per heavy atom. The van der Waals surface area contributed by atoms with Gasteiger partial charge in [0.05, 0.1) is 12.2 Å². The summed E-state index contributed by atoms with van der Waals surface area (Å²) in [5, 5.41) is 0. The number of piperazine rings is 1.